The van der Waals surface area contributed by atoms with Crippen LogP contribution in [0.15, 0.2) is 22.6 Å². The van der Waals surface area contributed by atoms with Crippen molar-refractivity contribution in [2.75, 3.05) is 0 Å². The molecule has 0 atom stereocenters. The predicted octanol–water partition coefficient (Wildman–Crippen LogP) is 1.15. The second-order valence-electron chi connectivity index (χ2n) is 3.51. The second-order valence-corrected chi connectivity index (χ2v) is 3.51. The third-order valence-corrected chi connectivity index (χ3v) is 2.24. The zero-order chi connectivity index (χ0) is 14.2. The Bertz CT molecular complexity index is 642. The molecule has 8 nitrogen and oxygen atoms in total. The highest BCUT2D eigenvalue weighted by Crippen LogP contribution is 2.32. The molecule has 4 N–H and O–H groups in total. The Morgan fingerprint density at radius 2 is 1.79 bits per heavy atom. The Labute approximate surface area is 105 Å². The number of benzene rings is 1. The van der Waals surface area contributed by atoms with Gasteiger partial charge in [0.2, 0.25) is 17.3 Å². The number of oxazole rings is 1. The molecule has 19 heavy (non-hydrogen) atoms. The van der Waals surface area contributed by atoms with Gasteiger partial charge in [0.15, 0.2) is 0 Å². The Morgan fingerprint density at radius 1 is 1.11 bits per heavy atom. The fourth-order valence-electron chi connectivity index (χ4n) is 1.43. The van der Waals surface area contributed by atoms with E-state index in [0.29, 0.717) is 0 Å². The Kier molecular flexibility index (Phi) is 2.83. The summed E-state index contributed by atoms with van der Waals surface area (Å²) in [7, 11) is 0. The SMILES string of the molecule is O=C(O)c1nc(-c2ccc(O)cc2O)oc1C(=O)O. The van der Waals surface area contributed by atoms with Crippen molar-refractivity contribution in [1.29, 1.82) is 0 Å². The Morgan fingerprint density at radius 3 is 2.26 bits per heavy atom. The summed E-state index contributed by atoms with van der Waals surface area (Å²) in [5, 5.41) is 36.3. The van der Waals surface area contributed by atoms with E-state index in [1.54, 1.807) is 0 Å². The number of aromatic nitrogens is 1. The fourth-order valence-corrected chi connectivity index (χ4v) is 1.43. The van der Waals surface area contributed by atoms with E-state index in [-0.39, 0.29) is 17.2 Å². The van der Waals surface area contributed by atoms with Gasteiger partial charge in [-0.15, -0.1) is 0 Å². The zero-order valence-electron chi connectivity index (χ0n) is 9.19. The van der Waals surface area contributed by atoms with Crippen LogP contribution in [0, 0.1) is 0 Å². The predicted molar refractivity (Wildman–Crippen MR) is 59.2 cm³/mol. The number of hydrogen-bond donors (Lipinski definition) is 4. The van der Waals surface area contributed by atoms with Crippen molar-refractivity contribution in [3.8, 4) is 23.0 Å². The van der Waals surface area contributed by atoms with E-state index in [0.717, 1.165) is 6.07 Å². The van der Waals surface area contributed by atoms with Crippen LogP contribution in [-0.4, -0.2) is 37.3 Å². The van der Waals surface area contributed by atoms with Crippen LogP contribution in [0.3, 0.4) is 0 Å². The molecule has 0 fully saturated rings. The van der Waals surface area contributed by atoms with Crippen LogP contribution in [0.4, 0.5) is 0 Å². The number of phenols is 2. The van der Waals surface area contributed by atoms with Crippen LogP contribution in [0.5, 0.6) is 11.5 Å². The maximum Gasteiger partial charge on any atom is 0.374 e. The van der Waals surface area contributed by atoms with Crippen molar-refractivity contribution in [3.05, 3.63) is 29.7 Å². The number of rotatable bonds is 3. The minimum atomic E-state index is -1.59. The molecule has 8 heteroatoms. The van der Waals surface area contributed by atoms with Gasteiger partial charge in [-0.05, 0) is 12.1 Å². The van der Waals surface area contributed by atoms with Gasteiger partial charge in [0, 0.05) is 6.07 Å². The first-order chi connectivity index (χ1) is 8.90. The molecule has 2 rings (SSSR count). The lowest BCUT2D eigenvalue weighted by molar-refractivity contribution is 0.0624. The van der Waals surface area contributed by atoms with Gasteiger partial charge in [-0.1, -0.05) is 0 Å². The van der Waals surface area contributed by atoms with Crippen LogP contribution in [-0.2, 0) is 0 Å². The van der Waals surface area contributed by atoms with Gasteiger partial charge in [-0.2, -0.15) is 0 Å². The number of hydrogen-bond acceptors (Lipinski definition) is 6. The summed E-state index contributed by atoms with van der Waals surface area (Å²) in [4.78, 5) is 25.1. The largest absolute Gasteiger partial charge is 0.508 e. The summed E-state index contributed by atoms with van der Waals surface area (Å²) in [6, 6.07) is 3.41. The van der Waals surface area contributed by atoms with Crippen LogP contribution >= 0.6 is 0 Å². The first-order valence-corrected chi connectivity index (χ1v) is 4.90. The van der Waals surface area contributed by atoms with E-state index in [1.165, 1.54) is 12.1 Å². The molecule has 1 aromatic heterocycles. The highest BCUT2D eigenvalue weighted by Gasteiger charge is 2.26. The molecular formula is C11H7NO7. The van der Waals surface area contributed by atoms with Crippen molar-refractivity contribution >= 4 is 11.9 Å². The summed E-state index contributed by atoms with van der Waals surface area (Å²) in [6.45, 7) is 0. The molecule has 0 amide bonds. The van der Waals surface area contributed by atoms with Crippen molar-refractivity contribution in [2.45, 2.75) is 0 Å². The van der Waals surface area contributed by atoms with E-state index in [9.17, 15) is 14.7 Å². The summed E-state index contributed by atoms with van der Waals surface area (Å²) in [5.74, 6) is -5.00. The van der Waals surface area contributed by atoms with Crippen LogP contribution in [0.1, 0.15) is 21.0 Å². The molecule has 1 aromatic carbocycles. The second kappa shape index (κ2) is 4.33. The normalized spacial score (nSPS) is 10.3. The van der Waals surface area contributed by atoms with E-state index < -0.39 is 29.1 Å². The summed E-state index contributed by atoms with van der Waals surface area (Å²) < 4.78 is 4.81. The molecule has 0 unspecified atom stereocenters. The number of nitrogens with zero attached hydrogens (tertiary/aromatic N) is 1. The van der Waals surface area contributed by atoms with Crippen molar-refractivity contribution in [2.24, 2.45) is 0 Å². The summed E-state index contributed by atoms with van der Waals surface area (Å²) in [6.07, 6.45) is 0. The van der Waals surface area contributed by atoms with E-state index in [1.807, 2.05) is 0 Å². The van der Waals surface area contributed by atoms with Crippen LogP contribution < -0.4 is 0 Å². The first kappa shape index (κ1) is 12.4. The Balaban J connectivity index is 2.60. The topological polar surface area (TPSA) is 141 Å². The van der Waals surface area contributed by atoms with Crippen LogP contribution in [0.2, 0.25) is 0 Å². The third kappa shape index (κ3) is 2.18. The molecule has 0 aliphatic carbocycles. The van der Waals surface area contributed by atoms with E-state index in [4.69, 9.17) is 19.7 Å². The van der Waals surface area contributed by atoms with E-state index in [2.05, 4.69) is 4.98 Å². The number of aromatic carboxylic acids is 2. The average molecular weight is 265 g/mol. The number of carboxylic acid groups (broad SMARTS) is 2. The Hall–Kier alpha value is -3.03. The monoisotopic (exact) mass is 265 g/mol. The average Bonchev–Trinajstić information content (AvgIpc) is 2.73. The van der Waals surface area contributed by atoms with Crippen LogP contribution in [0.25, 0.3) is 11.5 Å². The minimum Gasteiger partial charge on any atom is -0.508 e. The smallest absolute Gasteiger partial charge is 0.374 e. The molecule has 0 radical (unpaired) electrons. The quantitative estimate of drug-likeness (QED) is 0.647. The third-order valence-electron chi connectivity index (χ3n) is 2.24. The highest BCUT2D eigenvalue weighted by molar-refractivity contribution is 5.98. The van der Waals surface area contributed by atoms with Crippen molar-refractivity contribution in [3.63, 3.8) is 0 Å². The lowest BCUT2D eigenvalue weighted by atomic mass is 10.2. The summed E-state index contributed by atoms with van der Waals surface area (Å²) >= 11 is 0. The number of aromatic hydroxyl groups is 2. The molecular weight excluding hydrogens is 258 g/mol. The first-order valence-electron chi connectivity index (χ1n) is 4.90. The molecule has 98 valence electrons. The molecule has 0 aliphatic heterocycles. The highest BCUT2D eigenvalue weighted by atomic mass is 16.4. The number of carboxylic acids is 2. The van der Waals surface area contributed by atoms with Gasteiger partial charge in [-0.25, -0.2) is 14.6 Å². The van der Waals surface area contributed by atoms with Gasteiger partial charge in [0.05, 0.1) is 5.56 Å². The number of phenolic OH excluding ortho intramolecular Hbond substituents is 2. The van der Waals surface area contributed by atoms with Crippen molar-refractivity contribution < 1.29 is 34.4 Å². The van der Waals surface area contributed by atoms with Gasteiger partial charge in [0.25, 0.3) is 0 Å². The molecule has 0 saturated heterocycles. The van der Waals surface area contributed by atoms with Gasteiger partial charge < -0.3 is 24.8 Å². The molecule has 0 saturated carbocycles. The molecule has 0 bridgehead atoms. The lowest BCUT2D eigenvalue weighted by Gasteiger charge is -1.99. The molecule has 0 aliphatic rings. The molecule has 0 spiro atoms. The molecule has 2 aromatic rings. The van der Waals surface area contributed by atoms with Crippen molar-refractivity contribution in [1.82, 2.24) is 4.98 Å². The fraction of sp³-hybridized carbons (Fsp3) is 0. The maximum absolute atomic E-state index is 10.8. The standard InChI is InChI=1S/C11H7NO7/c13-4-1-2-5(6(14)3-4)9-12-7(10(15)16)8(19-9)11(17)18/h1-3,13-14H,(H,15,16)(H,17,18). The van der Waals surface area contributed by atoms with E-state index >= 15 is 0 Å². The summed E-state index contributed by atoms with van der Waals surface area (Å²) in [5.41, 5.74) is -0.803. The maximum atomic E-state index is 10.8. The van der Waals surface area contributed by atoms with Gasteiger partial charge in [-0.3, -0.25) is 0 Å². The number of carbonyl (C=O) groups is 2. The van der Waals surface area contributed by atoms with Gasteiger partial charge >= 0.3 is 11.9 Å². The lowest BCUT2D eigenvalue weighted by Crippen LogP contribution is -2.05. The molecule has 1 heterocycles. The minimum absolute atomic E-state index is 0.0344. The van der Waals surface area contributed by atoms with Gasteiger partial charge in [0.1, 0.15) is 11.5 Å². The zero-order valence-corrected chi connectivity index (χ0v) is 9.19.